The molecule has 2 aromatic rings. The number of carbonyl (C=O) groups excluding carboxylic acids is 1. The van der Waals surface area contributed by atoms with Crippen LogP contribution >= 0.6 is 0 Å². The topological polar surface area (TPSA) is 38.3 Å². The number of methoxy groups -OCH3 is 1. The largest absolute Gasteiger partial charge is 0.465 e. The van der Waals surface area contributed by atoms with Crippen LogP contribution in [0.3, 0.4) is 0 Å². The second-order valence-electron chi connectivity index (χ2n) is 5.01. The van der Waals surface area contributed by atoms with E-state index >= 15 is 0 Å². The lowest BCUT2D eigenvalue weighted by molar-refractivity contribution is 0.0601. The summed E-state index contributed by atoms with van der Waals surface area (Å²) in [5.41, 5.74) is 3.91. The maximum Gasteiger partial charge on any atom is 0.338 e. The summed E-state index contributed by atoms with van der Waals surface area (Å²) in [6.45, 7) is 2.11. The summed E-state index contributed by atoms with van der Waals surface area (Å²) < 4.78 is 4.84. The normalized spacial score (nSPS) is 14.7. The van der Waals surface area contributed by atoms with Gasteiger partial charge in [-0.05, 0) is 22.8 Å². The Morgan fingerprint density at radius 2 is 1.80 bits per heavy atom. The summed E-state index contributed by atoms with van der Waals surface area (Å²) in [7, 11) is 1.41. The van der Waals surface area contributed by atoms with Crippen LogP contribution in [0.15, 0.2) is 48.5 Å². The van der Waals surface area contributed by atoms with Gasteiger partial charge in [0.05, 0.1) is 12.7 Å². The molecule has 1 N–H and O–H groups in total. The van der Waals surface area contributed by atoms with Gasteiger partial charge >= 0.3 is 5.97 Å². The molecule has 102 valence electrons. The van der Waals surface area contributed by atoms with E-state index < -0.39 is 0 Å². The Kier molecular flexibility index (Phi) is 3.52. The molecule has 0 aliphatic carbocycles. The molecule has 0 saturated carbocycles. The van der Waals surface area contributed by atoms with Crippen LogP contribution in [0.1, 0.15) is 21.8 Å². The van der Waals surface area contributed by atoms with E-state index in [1.165, 1.54) is 12.7 Å². The van der Waals surface area contributed by atoms with Crippen LogP contribution in [0.4, 0.5) is 0 Å². The van der Waals surface area contributed by atoms with Crippen molar-refractivity contribution in [3.05, 3.63) is 59.7 Å². The van der Waals surface area contributed by atoms with E-state index in [9.17, 15) is 4.79 Å². The summed E-state index contributed by atoms with van der Waals surface area (Å²) in [4.78, 5) is 11.8. The molecule has 3 heteroatoms. The highest BCUT2D eigenvalue weighted by molar-refractivity contribution is 5.97. The van der Waals surface area contributed by atoms with Crippen molar-refractivity contribution in [2.45, 2.75) is 5.92 Å². The third-order valence-electron chi connectivity index (χ3n) is 3.81. The molecule has 0 spiro atoms. The molecule has 3 nitrogen and oxygen atoms in total. The van der Waals surface area contributed by atoms with Crippen molar-refractivity contribution < 1.29 is 9.53 Å². The Hall–Kier alpha value is -2.13. The molecule has 1 aliphatic rings. The first-order valence-corrected chi connectivity index (χ1v) is 6.78. The lowest BCUT2D eigenvalue weighted by atomic mass is 9.91. The quantitative estimate of drug-likeness (QED) is 0.869. The van der Waals surface area contributed by atoms with Crippen molar-refractivity contribution >= 4 is 5.97 Å². The number of carbonyl (C=O) groups is 1. The summed E-state index contributed by atoms with van der Waals surface area (Å²) in [6, 6.07) is 16.0. The zero-order valence-electron chi connectivity index (χ0n) is 11.4. The third-order valence-corrected chi connectivity index (χ3v) is 3.81. The number of hydrogen-bond acceptors (Lipinski definition) is 3. The molecule has 0 bridgehead atoms. The molecule has 1 aliphatic heterocycles. The van der Waals surface area contributed by atoms with Crippen LogP contribution in [0.2, 0.25) is 0 Å². The number of esters is 1. The van der Waals surface area contributed by atoms with Gasteiger partial charge in [-0.15, -0.1) is 0 Å². The fraction of sp³-hybridized carbons (Fsp3) is 0.235. The highest BCUT2D eigenvalue weighted by Crippen LogP contribution is 2.27. The van der Waals surface area contributed by atoms with Crippen LogP contribution in [-0.2, 0) is 4.74 Å². The average Bonchev–Trinajstić information content (AvgIpc) is 2.45. The van der Waals surface area contributed by atoms with Crippen molar-refractivity contribution in [2.75, 3.05) is 20.2 Å². The van der Waals surface area contributed by atoms with Gasteiger partial charge in [0.1, 0.15) is 0 Å². The monoisotopic (exact) mass is 267 g/mol. The first-order chi connectivity index (χ1) is 9.79. The maximum absolute atomic E-state index is 11.8. The Bertz CT molecular complexity index is 615. The SMILES string of the molecule is COC(=O)c1ccccc1-c1ccc(C2CNC2)cc1. The number of nitrogens with one attached hydrogen (secondary N) is 1. The number of hydrogen-bond donors (Lipinski definition) is 1. The molecule has 2 aromatic carbocycles. The highest BCUT2D eigenvalue weighted by atomic mass is 16.5. The van der Waals surface area contributed by atoms with E-state index in [0.717, 1.165) is 24.2 Å². The number of benzene rings is 2. The molecular weight excluding hydrogens is 250 g/mol. The second kappa shape index (κ2) is 5.47. The molecule has 20 heavy (non-hydrogen) atoms. The highest BCUT2D eigenvalue weighted by Gasteiger charge is 2.19. The van der Waals surface area contributed by atoms with Gasteiger partial charge < -0.3 is 10.1 Å². The van der Waals surface area contributed by atoms with Gasteiger partial charge in [-0.1, -0.05) is 42.5 Å². The van der Waals surface area contributed by atoms with Crippen LogP contribution < -0.4 is 5.32 Å². The number of rotatable bonds is 3. The van der Waals surface area contributed by atoms with Crippen LogP contribution in [-0.4, -0.2) is 26.2 Å². The van der Waals surface area contributed by atoms with E-state index in [1.54, 1.807) is 6.07 Å². The minimum absolute atomic E-state index is 0.298. The van der Waals surface area contributed by atoms with E-state index in [0.29, 0.717) is 11.5 Å². The Morgan fingerprint density at radius 1 is 1.10 bits per heavy atom. The van der Waals surface area contributed by atoms with E-state index in [2.05, 4.69) is 29.6 Å². The van der Waals surface area contributed by atoms with Gasteiger partial charge in [0, 0.05) is 19.0 Å². The molecule has 0 amide bonds. The molecule has 1 heterocycles. The first-order valence-electron chi connectivity index (χ1n) is 6.78. The standard InChI is InChI=1S/C17H17NO2/c1-20-17(19)16-5-3-2-4-15(16)13-8-6-12(7-9-13)14-10-18-11-14/h2-9,14,18H,10-11H2,1H3. The molecular formula is C17H17NO2. The molecule has 0 aromatic heterocycles. The Morgan fingerprint density at radius 3 is 2.40 bits per heavy atom. The van der Waals surface area contributed by atoms with Crippen LogP contribution in [0.25, 0.3) is 11.1 Å². The van der Waals surface area contributed by atoms with Crippen LogP contribution in [0, 0.1) is 0 Å². The summed E-state index contributed by atoms with van der Waals surface area (Å²) in [5, 5.41) is 3.28. The predicted octanol–water partition coefficient (Wildman–Crippen LogP) is 2.83. The molecule has 1 fully saturated rings. The number of ether oxygens (including phenoxy) is 1. The summed E-state index contributed by atoms with van der Waals surface area (Å²) in [5.74, 6) is 0.327. The summed E-state index contributed by atoms with van der Waals surface area (Å²) >= 11 is 0. The van der Waals surface area contributed by atoms with E-state index in [4.69, 9.17) is 4.74 Å². The van der Waals surface area contributed by atoms with Gasteiger partial charge in [0.25, 0.3) is 0 Å². The lowest BCUT2D eigenvalue weighted by Crippen LogP contribution is -2.39. The van der Waals surface area contributed by atoms with E-state index in [1.807, 2.05) is 18.2 Å². The Balaban J connectivity index is 1.94. The first kappa shape index (κ1) is 12.9. The summed E-state index contributed by atoms with van der Waals surface area (Å²) in [6.07, 6.45) is 0. The zero-order valence-corrected chi connectivity index (χ0v) is 11.4. The smallest absolute Gasteiger partial charge is 0.338 e. The van der Waals surface area contributed by atoms with Crippen LogP contribution in [0.5, 0.6) is 0 Å². The fourth-order valence-corrected chi connectivity index (χ4v) is 2.48. The van der Waals surface area contributed by atoms with E-state index in [-0.39, 0.29) is 5.97 Å². The van der Waals surface area contributed by atoms with Crippen molar-refractivity contribution in [1.82, 2.24) is 5.32 Å². The van der Waals surface area contributed by atoms with Gasteiger partial charge in [0.15, 0.2) is 0 Å². The zero-order chi connectivity index (χ0) is 13.9. The Labute approximate surface area is 118 Å². The average molecular weight is 267 g/mol. The minimum atomic E-state index is -0.298. The molecule has 0 unspecified atom stereocenters. The van der Waals surface area contributed by atoms with Gasteiger partial charge in [-0.2, -0.15) is 0 Å². The second-order valence-corrected chi connectivity index (χ2v) is 5.01. The van der Waals surface area contributed by atoms with Gasteiger partial charge in [-0.25, -0.2) is 4.79 Å². The molecule has 0 atom stereocenters. The lowest BCUT2D eigenvalue weighted by Gasteiger charge is -2.27. The van der Waals surface area contributed by atoms with Crippen molar-refractivity contribution in [1.29, 1.82) is 0 Å². The maximum atomic E-state index is 11.8. The minimum Gasteiger partial charge on any atom is -0.465 e. The molecule has 1 saturated heterocycles. The third kappa shape index (κ3) is 2.32. The van der Waals surface area contributed by atoms with Gasteiger partial charge in [-0.3, -0.25) is 0 Å². The predicted molar refractivity (Wildman–Crippen MR) is 78.8 cm³/mol. The van der Waals surface area contributed by atoms with Crippen molar-refractivity contribution in [2.24, 2.45) is 0 Å². The fourth-order valence-electron chi connectivity index (χ4n) is 2.48. The van der Waals surface area contributed by atoms with Gasteiger partial charge in [0.2, 0.25) is 0 Å². The van der Waals surface area contributed by atoms with Crippen molar-refractivity contribution in [3.63, 3.8) is 0 Å². The van der Waals surface area contributed by atoms with Crippen molar-refractivity contribution in [3.8, 4) is 11.1 Å². The molecule has 3 rings (SSSR count). The molecule has 0 radical (unpaired) electrons.